The lowest BCUT2D eigenvalue weighted by Gasteiger charge is -2.29. The zero-order valence-electron chi connectivity index (χ0n) is 11.2. The second-order valence-corrected chi connectivity index (χ2v) is 4.66. The lowest BCUT2D eigenvalue weighted by atomic mass is 9.93. The molecule has 2 rings (SSSR count). The van der Waals surface area contributed by atoms with Gasteiger partial charge in [-0.3, -0.25) is 4.99 Å². The number of halogens is 1. The number of aliphatic imine (C=N–C) groups is 1. The van der Waals surface area contributed by atoms with Crippen LogP contribution in [0.25, 0.3) is 0 Å². The third-order valence-electron chi connectivity index (χ3n) is 3.21. The Kier molecular flexibility index (Phi) is 5.98. The van der Waals surface area contributed by atoms with Gasteiger partial charge in [-0.25, -0.2) is 0 Å². The van der Waals surface area contributed by atoms with Gasteiger partial charge >= 0.3 is 0 Å². The van der Waals surface area contributed by atoms with E-state index in [4.69, 9.17) is 4.42 Å². The first-order valence-corrected chi connectivity index (χ1v) is 6.25. The SMILES string of the molecule is CN=C(NC1CCC1)NC(C)c1ccc(C)o1.I. The number of nitrogens with zero attached hydrogens (tertiary/aromatic N) is 1. The molecule has 0 aromatic carbocycles. The van der Waals surface area contributed by atoms with Gasteiger partial charge in [-0.05, 0) is 45.2 Å². The number of guanidine groups is 1. The molecule has 0 radical (unpaired) electrons. The molecule has 1 aromatic rings. The first-order chi connectivity index (χ1) is 8.19. The first kappa shape index (κ1) is 15.3. The van der Waals surface area contributed by atoms with Crippen LogP contribution in [0.4, 0.5) is 0 Å². The second-order valence-electron chi connectivity index (χ2n) is 4.66. The fraction of sp³-hybridized carbons (Fsp3) is 0.615. The van der Waals surface area contributed by atoms with Gasteiger partial charge in [0.15, 0.2) is 5.96 Å². The Morgan fingerprint density at radius 3 is 2.61 bits per heavy atom. The molecule has 2 N–H and O–H groups in total. The van der Waals surface area contributed by atoms with Gasteiger partial charge in [0.1, 0.15) is 11.5 Å². The molecule has 1 aromatic heterocycles. The van der Waals surface area contributed by atoms with E-state index in [1.54, 1.807) is 7.05 Å². The van der Waals surface area contributed by atoms with Crippen LogP contribution in [0.15, 0.2) is 21.5 Å². The predicted molar refractivity (Wildman–Crippen MR) is 84.5 cm³/mol. The van der Waals surface area contributed by atoms with E-state index in [2.05, 4.69) is 22.5 Å². The highest BCUT2D eigenvalue weighted by Gasteiger charge is 2.19. The largest absolute Gasteiger partial charge is 0.464 e. The second kappa shape index (κ2) is 7.01. The van der Waals surface area contributed by atoms with Gasteiger partial charge in [-0.15, -0.1) is 24.0 Å². The van der Waals surface area contributed by atoms with Gasteiger partial charge in [0, 0.05) is 13.1 Å². The molecule has 1 unspecified atom stereocenters. The van der Waals surface area contributed by atoms with Crippen LogP contribution in [0.3, 0.4) is 0 Å². The highest BCUT2D eigenvalue weighted by molar-refractivity contribution is 14.0. The molecular formula is C13H22IN3O. The van der Waals surface area contributed by atoms with Gasteiger partial charge in [0.25, 0.3) is 0 Å². The average Bonchev–Trinajstić information content (AvgIpc) is 2.68. The molecule has 102 valence electrons. The van der Waals surface area contributed by atoms with Gasteiger partial charge in [0.2, 0.25) is 0 Å². The highest BCUT2D eigenvalue weighted by atomic mass is 127. The Morgan fingerprint density at radius 1 is 1.44 bits per heavy atom. The Balaban J connectivity index is 0.00000162. The summed E-state index contributed by atoms with van der Waals surface area (Å²) < 4.78 is 5.59. The Hall–Kier alpha value is -0.720. The van der Waals surface area contributed by atoms with Crippen molar-refractivity contribution in [2.45, 2.75) is 45.2 Å². The Morgan fingerprint density at radius 2 is 2.17 bits per heavy atom. The van der Waals surface area contributed by atoms with Gasteiger partial charge < -0.3 is 15.1 Å². The average molecular weight is 363 g/mol. The highest BCUT2D eigenvalue weighted by Crippen LogP contribution is 2.19. The fourth-order valence-electron chi connectivity index (χ4n) is 1.88. The molecule has 5 heteroatoms. The number of rotatable bonds is 3. The first-order valence-electron chi connectivity index (χ1n) is 6.25. The van der Waals surface area contributed by atoms with Crippen LogP contribution in [0.5, 0.6) is 0 Å². The lowest BCUT2D eigenvalue weighted by molar-refractivity contribution is 0.375. The molecule has 1 atom stereocenters. The van der Waals surface area contributed by atoms with E-state index in [-0.39, 0.29) is 30.0 Å². The molecule has 4 nitrogen and oxygen atoms in total. The molecule has 1 heterocycles. The van der Waals surface area contributed by atoms with Gasteiger partial charge in [-0.1, -0.05) is 0 Å². The molecule has 0 saturated heterocycles. The summed E-state index contributed by atoms with van der Waals surface area (Å²) in [5.41, 5.74) is 0. The molecule has 1 aliphatic carbocycles. The van der Waals surface area contributed by atoms with Crippen LogP contribution in [-0.4, -0.2) is 19.0 Å². The molecule has 0 bridgehead atoms. The summed E-state index contributed by atoms with van der Waals surface area (Å²) in [4.78, 5) is 4.23. The number of hydrogen-bond acceptors (Lipinski definition) is 2. The summed E-state index contributed by atoms with van der Waals surface area (Å²) in [5, 5.41) is 6.75. The van der Waals surface area contributed by atoms with Crippen LogP contribution in [0, 0.1) is 6.92 Å². The quantitative estimate of drug-likeness (QED) is 0.493. The molecule has 1 fully saturated rings. The smallest absolute Gasteiger partial charge is 0.191 e. The standard InChI is InChI=1S/C13H21N3O.HI/c1-9-7-8-12(17-9)10(2)15-13(14-3)16-11-5-4-6-11;/h7-8,10-11H,4-6H2,1-3H3,(H2,14,15,16);1H. The van der Waals surface area contributed by atoms with E-state index in [1.807, 2.05) is 19.1 Å². The number of aryl methyl sites for hydroxylation is 1. The van der Waals surface area contributed by atoms with E-state index in [0.29, 0.717) is 6.04 Å². The summed E-state index contributed by atoms with van der Waals surface area (Å²) in [6, 6.07) is 4.71. The van der Waals surface area contributed by atoms with Crippen molar-refractivity contribution in [3.05, 3.63) is 23.7 Å². The van der Waals surface area contributed by atoms with Crippen LogP contribution in [0.1, 0.15) is 43.7 Å². The molecule has 1 aliphatic rings. The normalized spacial score (nSPS) is 17.6. The Bertz CT molecular complexity index is 399. The predicted octanol–water partition coefficient (Wildman–Crippen LogP) is 2.98. The number of hydrogen-bond donors (Lipinski definition) is 2. The van der Waals surface area contributed by atoms with E-state index in [9.17, 15) is 0 Å². The van der Waals surface area contributed by atoms with E-state index < -0.39 is 0 Å². The molecule has 0 spiro atoms. The molecule has 1 saturated carbocycles. The van der Waals surface area contributed by atoms with Crippen molar-refractivity contribution in [3.8, 4) is 0 Å². The topological polar surface area (TPSA) is 49.6 Å². The summed E-state index contributed by atoms with van der Waals surface area (Å²) in [6.45, 7) is 4.03. The molecular weight excluding hydrogens is 341 g/mol. The van der Waals surface area contributed by atoms with Crippen LogP contribution >= 0.6 is 24.0 Å². The Labute approximate surface area is 126 Å². The van der Waals surface area contributed by atoms with Crippen molar-refractivity contribution in [3.63, 3.8) is 0 Å². The third kappa shape index (κ3) is 3.90. The molecule has 0 amide bonds. The third-order valence-corrected chi connectivity index (χ3v) is 3.21. The lowest BCUT2D eigenvalue weighted by Crippen LogP contribution is -2.46. The van der Waals surface area contributed by atoms with Crippen molar-refractivity contribution in [2.24, 2.45) is 4.99 Å². The zero-order chi connectivity index (χ0) is 12.3. The van der Waals surface area contributed by atoms with Crippen LogP contribution < -0.4 is 10.6 Å². The summed E-state index contributed by atoms with van der Waals surface area (Å²) in [7, 11) is 1.80. The van der Waals surface area contributed by atoms with Crippen molar-refractivity contribution in [1.82, 2.24) is 10.6 Å². The fourth-order valence-corrected chi connectivity index (χ4v) is 1.88. The number of nitrogens with one attached hydrogen (secondary N) is 2. The zero-order valence-corrected chi connectivity index (χ0v) is 13.5. The van der Waals surface area contributed by atoms with Crippen LogP contribution in [-0.2, 0) is 0 Å². The number of furan rings is 1. The maximum atomic E-state index is 5.59. The molecule has 0 aliphatic heterocycles. The van der Waals surface area contributed by atoms with Crippen molar-refractivity contribution in [2.75, 3.05) is 7.05 Å². The summed E-state index contributed by atoms with van der Waals surface area (Å²) >= 11 is 0. The minimum Gasteiger partial charge on any atom is -0.464 e. The van der Waals surface area contributed by atoms with E-state index in [1.165, 1.54) is 19.3 Å². The van der Waals surface area contributed by atoms with Crippen LogP contribution in [0.2, 0.25) is 0 Å². The minimum absolute atomic E-state index is 0. The van der Waals surface area contributed by atoms with Crippen molar-refractivity contribution >= 4 is 29.9 Å². The van der Waals surface area contributed by atoms with E-state index >= 15 is 0 Å². The van der Waals surface area contributed by atoms with E-state index in [0.717, 1.165) is 17.5 Å². The maximum Gasteiger partial charge on any atom is 0.191 e. The van der Waals surface area contributed by atoms with Gasteiger partial charge in [0.05, 0.1) is 6.04 Å². The minimum atomic E-state index is 0. The monoisotopic (exact) mass is 363 g/mol. The summed E-state index contributed by atoms with van der Waals surface area (Å²) in [6.07, 6.45) is 3.81. The maximum absolute atomic E-state index is 5.59. The van der Waals surface area contributed by atoms with Crippen molar-refractivity contribution in [1.29, 1.82) is 0 Å². The van der Waals surface area contributed by atoms with Gasteiger partial charge in [-0.2, -0.15) is 0 Å². The summed E-state index contributed by atoms with van der Waals surface area (Å²) in [5.74, 6) is 2.74. The van der Waals surface area contributed by atoms with Crippen molar-refractivity contribution < 1.29 is 4.42 Å². The molecule has 18 heavy (non-hydrogen) atoms.